The Kier molecular flexibility index (Phi) is 5.30. The number of carbonyl (C=O) groups excluding carboxylic acids is 1. The summed E-state index contributed by atoms with van der Waals surface area (Å²) in [4.78, 5) is 12.1. The van der Waals surface area contributed by atoms with Gasteiger partial charge in [0.1, 0.15) is 0 Å². The molecule has 0 aromatic heterocycles. The molecule has 0 spiro atoms. The van der Waals surface area contributed by atoms with E-state index in [2.05, 4.69) is 5.32 Å². The van der Waals surface area contributed by atoms with Crippen molar-refractivity contribution in [3.63, 3.8) is 0 Å². The summed E-state index contributed by atoms with van der Waals surface area (Å²) in [5.41, 5.74) is -0.149. The van der Waals surface area contributed by atoms with Crippen molar-refractivity contribution in [2.75, 3.05) is 13.7 Å². The maximum atomic E-state index is 13.3. The minimum Gasteiger partial charge on any atom is -0.494 e. The average molecular weight is 269 g/mol. The predicted octanol–water partition coefficient (Wildman–Crippen LogP) is 2.12. The second-order valence-corrected chi connectivity index (χ2v) is 4.69. The van der Waals surface area contributed by atoms with E-state index in [1.165, 1.54) is 25.3 Å². The minimum atomic E-state index is -0.507. The molecule has 5 heteroatoms. The zero-order valence-electron chi connectivity index (χ0n) is 11.5. The molecule has 1 rings (SSSR count). The molecule has 0 saturated carbocycles. The van der Waals surface area contributed by atoms with Crippen molar-refractivity contribution < 1.29 is 19.0 Å². The maximum absolute atomic E-state index is 13.3. The van der Waals surface area contributed by atoms with E-state index in [-0.39, 0.29) is 18.3 Å². The van der Waals surface area contributed by atoms with Crippen molar-refractivity contribution in [1.82, 2.24) is 5.32 Å². The van der Waals surface area contributed by atoms with Crippen molar-refractivity contribution in [2.24, 2.45) is 0 Å². The highest BCUT2D eigenvalue weighted by atomic mass is 19.1. The van der Waals surface area contributed by atoms with Crippen molar-refractivity contribution in [3.05, 3.63) is 29.6 Å². The lowest BCUT2D eigenvalue weighted by atomic mass is 9.94. The van der Waals surface area contributed by atoms with Crippen LogP contribution in [0.4, 0.5) is 4.39 Å². The summed E-state index contributed by atoms with van der Waals surface area (Å²) in [7, 11) is 1.35. The van der Waals surface area contributed by atoms with Gasteiger partial charge in [-0.05, 0) is 38.0 Å². The Labute approximate surface area is 112 Å². The zero-order chi connectivity index (χ0) is 14.5. The molecule has 19 heavy (non-hydrogen) atoms. The molecule has 0 radical (unpaired) electrons. The highest BCUT2D eigenvalue weighted by Gasteiger charge is 2.24. The van der Waals surface area contributed by atoms with Gasteiger partial charge >= 0.3 is 0 Å². The number of benzene rings is 1. The third-order valence-electron chi connectivity index (χ3n) is 3.27. The molecule has 4 nitrogen and oxygen atoms in total. The van der Waals surface area contributed by atoms with Gasteiger partial charge in [-0.3, -0.25) is 4.79 Å². The molecular weight excluding hydrogens is 249 g/mol. The molecule has 2 N–H and O–H groups in total. The van der Waals surface area contributed by atoms with Crippen molar-refractivity contribution in [1.29, 1.82) is 0 Å². The second kappa shape index (κ2) is 6.52. The summed E-state index contributed by atoms with van der Waals surface area (Å²) < 4.78 is 18.1. The van der Waals surface area contributed by atoms with Crippen LogP contribution in [0.5, 0.6) is 5.75 Å². The summed E-state index contributed by atoms with van der Waals surface area (Å²) in [6.07, 6.45) is 1.16. The Morgan fingerprint density at radius 3 is 2.74 bits per heavy atom. The summed E-state index contributed by atoms with van der Waals surface area (Å²) in [6, 6.07) is 3.96. The van der Waals surface area contributed by atoms with Crippen LogP contribution in [0.15, 0.2) is 18.2 Å². The van der Waals surface area contributed by atoms with Crippen LogP contribution < -0.4 is 10.1 Å². The number of halogens is 1. The van der Waals surface area contributed by atoms with Gasteiger partial charge in [-0.15, -0.1) is 0 Å². The number of nitrogens with one attached hydrogen (secondary N) is 1. The second-order valence-electron chi connectivity index (χ2n) is 4.69. The molecule has 0 fully saturated rings. The van der Waals surface area contributed by atoms with E-state index < -0.39 is 11.4 Å². The lowest BCUT2D eigenvalue weighted by Gasteiger charge is -2.29. The largest absolute Gasteiger partial charge is 0.494 e. The number of hydrogen-bond donors (Lipinski definition) is 2. The molecule has 0 saturated heterocycles. The van der Waals surface area contributed by atoms with E-state index in [0.29, 0.717) is 18.4 Å². The monoisotopic (exact) mass is 269 g/mol. The van der Waals surface area contributed by atoms with Crippen LogP contribution in [0.25, 0.3) is 0 Å². The SMILES string of the molecule is CC[C@@](C)(CCO)NC(=O)c1ccc(F)c(OC)c1. The average Bonchev–Trinajstić information content (AvgIpc) is 2.39. The third kappa shape index (κ3) is 3.92. The molecule has 1 aromatic carbocycles. The summed E-state index contributed by atoms with van der Waals surface area (Å²) in [5.74, 6) is -0.781. The van der Waals surface area contributed by atoms with Crippen molar-refractivity contribution in [2.45, 2.75) is 32.2 Å². The Hall–Kier alpha value is -1.62. The Morgan fingerprint density at radius 2 is 2.21 bits per heavy atom. The maximum Gasteiger partial charge on any atom is 0.251 e. The first kappa shape index (κ1) is 15.4. The lowest BCUT2D eigenvalue weighted by Crippen LogP contribution is -2.46. The van der Waals surface area contributed by atoms with Crippen molar-refractivity contribution >= 4 is 5.91 Å². The van der Waals surface area contributed by atoms with Gasteiger partial charge in [0.2, 0.25) is 0 Å². The summed E-state index contributed by atoms with van der Waals surface area (Å²) in [5, 5.41) is 11.9. The van der Waals surface area contributed by atoms with E-state index in [4.69, 9.17) is 9.84 Å². The molecular formula is C14H20FNO3. The molecule has 0 unspecified atom stereocenters. The molecule has 106 valence electrons. The molecule has 1 amide bonds. The number of rotatable bonds is 6. The van der Waals surface area contributed by atoms with Crippen LogP contribution in [0.2, 0.25) is 0 Å². The number of aliphatic hydroxyl groups excluding tert-OH is 1. The first-order chi connectivity index (χ1) is 8.95. The molecule has 0 aliphatic carbocycles. The molecule has 0 heterocycles. The van der Waals surface area contributed by atoms with Crippen LogP contribution in [0, 0.1) is 5.82 Å². The molecule has 0 aliphatic heterocycles. The third-order valence-corrected chi connectivity index (χ3v) is 3.27. The standard InChI is InChI=1S/C14H20FNO3/c1-4-14(2,7-8-17)16-13(18)10-5-6-11(15)12(9-10)19-3/h5-6,9,17H,4,7-8H2,1-3H3,(H,16,18)/t14-/m0/s1. The summed E-state index contributed by atoms with van der Waals surface area (Å²) >= 11 is 0. The number of amides is 1. The molecule has 1 atom stereocenters. The zero-order valence-corrected chi connectivity index (χ0v) is 11.5. The highest BCUT2D eigenvalue weighted by Crippen LogP contribution is 2.20. The van der Waals surface area contributed by atoms with Gasteiger partial charge in [0, 0.05) is 17.7 Å². The minimum absolute atomic E-state index is 0.00262. The molecule has 1 aromatic rings. The molecule has 0 aliphatic rings. The smallest absolute Gasteiger partial charge is 0.251 e. The summed E-state index contributed by atoms with van der Waals surface area (Å²) in [6.45, 7) is 3.79. The van der Waals surface area contributed by atoms with Gasteiger partial charge in [-0.2, -0.15) is 0 Å². The van der Waals surface area contributed by atoms with Gasteiger partial charge in [0.25, 0.3) is 5.91 Å². The van der Waals surface area contributed by atoms with Gasteiger partial charge in [-0.1, -0.05) is 6.92 Å². The fraction of sp³-hybridized carbons (Fsp3) is 0.500. The van der Waals surface area contributed by atoms with Gasteiger partial charge in [0.15, 0.2) is 11.6 Å². The predicted molar refractivity (Wildman–Crippen MR) is 70.8 cm³/mol. The number of methoxy groups -OCH3 is 1. The normalized spacial score (nSPS) is 13.7. The topological polar surface area (TPSA) is 58.6 Å². The van der Waals surface area contributed by atoms with Crippen LogP contribution in [-0.2, 0) is 0 Å². The number of ether oxygens (including phenoxy) is 1. The highest BCUT2D eigenvalue weighted by molar-refractivity contribution is 5.95. The van der Waals surface area contributed by atoms with E-state index in [9.17, 15) is 9.18 Å². The van der Waals surface area contributed by atoms with Crippen LogP contribution in [0.1, 0.15) is 37.0 Å². The van der Waals surface area contributed by atoms with E-state index in [1.54, 1.807) is 0 Å². The van der Waals surface area contributed by atoms with E-state index in [0.717, 1.165) is 0 Å². The fourth-order valence-corrected chi connectivity index (χ4v) is 1.72. The van der Waals surface area contributed by atoms with Crippen molar-refractivity contribution in [3.8, 4) is 5.75 Å². The fourth-order valence-electron chi connectivity index (χ4n) is 1.72. The van der Waals surface area contributed by atoms with E-state index in [1.807, 2.05) is 13.8 Å². The Bertz CT molecular complexity index is 450. The van der Waals surface area contributed by atoms with E-state index >= 15 is 0 Å². The number of aliphatic hydroxyl groups is 1. The van der Waals surface area contributed by atoms with Crippen LogP contribution in [-0.4, -0.2) is 30.3 Å². The van der Waals surface area contributed by atoms with Gasteiger partial charge in [-0.25, -0.2) is 4.39 Å². The Balaban J connectivity index is 2.88. The first-order valence-corrected chi connectivity index (χ1v) is 6.22. The van der Waals surface area contributed by atoms with Gasteiger partial charge < -0.3 is 15.2 Å². The van der Waals surface area contributed by atoms with Gasteiger partial charge in [0.05, 0.1) is 7.11 Å². The quantitative estimate of drug-likeness (QED) is 0.831. The first-order valence-electron chi connectivity index (χ1n) is 6.22. The number of hydrogen-bond acceptors (Lipinski definition) is 3. The number of carbonyl (C=O) groups is 1. The molecule has 0 bridgehead atoms. The van der Waals surface area contributed by atoms with Crippen LogP contribution in [0.3, 0.4) is 0 Å². The lowest BCUT2D eigenvalue weighted by molar-refractivity contribution is 0.0885. The van der Waals surface area contributed by atoms with Crippen LogP contribution >= 0.6 is 0 Å². The Morgan fingerprint density at radius 1 is 1.53 bits per heavy atom.